The largest absolute Gasteiger partial charge is 0.497 e. The summed E-state index contributed by atoms with van der Waals surface area (Å²) in [6.07, 6.45) is 1.28. The molecule has 0 saturated carbocycles. The minimum absolute atomic E-state index is 0.107. The van der Waals surface area contributed by atoms with Gasteiger partial charge < -0.3 is 14.5 Å². The highest BCUT2D eigenvalue weighted by molar-refractivity contribution is 6.01. The molecule has 0 atom stereocenters. The van der Waals surface area contributed by atoms with E-state index in [0.717, 1.165) is 23.6 Å². The van der Waals surface area contributed by atoms with Crippen molar-refractivity contribution in [2.24, 2.45) is 0 Å². The number of hydrogen-bond donors (Lipinski definition) is 0. The van der Waals surface area contributed by atoms with Gasteiger partial charge in [0.05, 0.1) is 7.11 Å². The first kappa shape index (κ1) is 19.4. The second-order valence-electron chi connectivity index (χ2n) is 6.32. The van der Waals surface area contributed by atoms with E-state index >= 15 is 0 Å². The molecule has 0 spiro atoms. The summed E-state index contributed by atoms with van der Waals surface area (Å²) in [4.78, 5) is 16.4. The van der Waals surface area contributed by atoms with Crippen LogP contribution in [0.2, 0.25) is 0 Å². The van der Waals surface area contributed by atoms with E-state index in [9.17, 15) is 18.8 Å². The van der Waals surface area contributed by atoms with Gasteiger partial charge in [0.1, 0.15) is 17.4 Å². The zero-order valence-corrected chi connectivity index (χ0v) is 15.4. The molecular formula is C21H19F2N3O2. The fourth-order valence-corrected chi connectivity index (χ4v) is 3.04. The van der Waals surface area contributed by atoms with Gasteiger partial charge in [0.2, 0.25) is 0 Å². The average molecular weight is 383 g/mol. The predicted molar refractivity (Wildman–Crippen MR) is 102 cm³/mol. The maximum atomic E-state index is 13.3. The Labute approximate surface area is 162 Å². The second-order valence-corrected chi connectivity index (χ2v) is 6.32. The number of methoxy groups -OCH3 is 1. The van der Waals surface area contributed by atoms with Crippen LogP contribution in [0.15, 0.2) is 48.0 Å². The van der Waals surface area contributed by atoms with Crippen LogP contribution in [0.1, 0.15) is 5.56 Å². The van der Waals surface area contributed by atoms with Gasteiger partial charge in [0.25, 0.3) is 5.91 Å². The van der Waals surface area contributed by atoms with Crippen molar-refractivity contribution in [1.29, 1.82) is 5.26 Å². The third-order valence-electron chi connectivity index (χ3n) is 4.61. The van der Waals surface area contributed by atoms with E-state index < -0.39 is 17.5 Å². The topological polar surface area (TPSA) is 56.6 Å². The number of carbonyl (C=O) groups excluding carboxylic acids is 1. The maximum Gasteiger partial charge on any atom is 0.264 e. The lowest BCUT2D eigenvalue weighted by atomic mass is 10.1. The third-order valence-corrected chi connectivity index (χ3v) is 4.61. The van der Waals surface area contributed by atoms with Gasteiger partial charge in [-0.05, 0) is 48.0 Å². The van der Waals surface area contributed by atoms with Gasteiger partial charge in [0.15, 0.2) is 11.6 Å². The van der Waals surface area contributed by atoms with Crippen LogP contribution < -0.4 is 9.64 Å². The Hall–Kier alpha value is -3.40. The van der Waals surface area contributed by atoms with E-state index in [0.29, 0.717) is 26.2 Å². The third kappa shape index (κ3) is 4.29. The van der Waals surface area contributed by atoms with Crippen molar-refractivity contribution in [3.8, 4) is 11.8 Å². The fraction of sp³-hybridized carbons (Fsp3) is 0.238. The van der Waals surface area contributed by atoms with Gasteiger partial charge >= 0.3 is 0 Å². The molecule has 144 valence electrons. The Balaban J connectivity index is 1.66. The highest BCUT2D eigenvalue weighted by Crippen LogP contribution is 2.21. The average Bonchev–Trinajstić information content (AvgIpc) is 2.74. The zero-order valence-electron chi connectivity index (χ0n) is 15.4. The second kappa shape index (κ2) is 8.53. The van der Waals surface area contributed by atoms with Gasteiger partial charge in [-0.2, -0.15) is 5.26 Å². The first-order valence-electron chi connectivity index (χ1n) is 8.77. The number of piperazine rings is 1. The first-order valence-corrected chi connectivity index (χ1v) is 8.77. The Morgan fingerprint density at radius 1 is 1.07 bits per heavy atom. The summed E-state index contributed by atoms with van der Waals surface area (Å²) < 4.78 is 31.5. The standard InChI is InChI=1S/C21H19F2N3O2/c1-28-18-5-3-17(4-6-18)25-8-10-26(11-9-25)21(27)16(14-24)12-15-2-7-19(22)20(23)13-15/h2-7,12-13H,8-11H2,1H3/b16-12+. The molecule has 1 aliphatic rings. The molecule has 1 saturated heterocycles. The number of rotatable bonds is 4. The van der Waals surface area contributed by atoms with Crippen LogP contribution in [0.25, 0.3) is 6.08 Å². The van der Waals surface area contributed by atoms with Crippen LogP contribution in [0.4, 0.5) is 14.5 Å². The van der Waals surface area contributed by atoms with Gasteiger partial charge in [-0.3, -0.25) is 4.79 Å². The molecule has 1 amide bonds. The molecule has 0 unspecified atom stereocenters. The molecule has 2 aromatic carbocycles. The van der Waals surface area contributed by atoms with Crippen molar-refractivity contribution in [1.82, 2.24) is 4.90 Å². The first-order chi connectivity index (χ1) is 13.5. The van der Waals surface area contributed by atoms with Crippen LogP contribution in [-0.2, 0) is 4.79 Å². The number of anilines is 1. The summed E-state index contributed by atoms with van der Waals surface area (Å²) in [5, 5.41) is 9.34. The number of benzene rings is 2. The van der Waals surface area contributed by atoms with Crippen LogP contribution in [0.3, 0.4) is 0 Å². The molecule has 0 aliphatic carbocycles. The summed E-state index contributed by atoms with van der Waals surface area (Å²) in [6, 6.07) is 12.8. The van der Waals surface area contributed by atoms with Crippen molar-refractivity contribution < 1.29 is 18.3 Å². The Morgan fingerprint density at radius 3 is 2.32 bits per heavy atom. The Bertz CT molecular complexity index is 928. The molecule has 0 bridgehead atoms. The van der Waals surface area contributed by atoms with Gasteiger partial charge in [0, 0.05) is 31.9 Å². The summed E-state index contributed by atoms with van der Waals surface area (Å²) in [6.45, 7) is 2.17. The molecule has 1 heterocycles. The minimum atomic E-state index is -1.02. The Kier molecular flexibility index (Phi) is 5.90. The lowest BCUT2D eigenvalue weighted by Crippen LogP contribution is -2.49. The van der Waals surface area contributed by atoms with Gasteiger partial charge in [-0.15, -0.1) is 0 Å². The van der Waals surface area contributed by atoms with Crippen molar-refractivity contribution in [2.75, 3.05) is 38.2 Å². The van der Waals surface area contributed by atoms with Crippen molar-refractivity contribution in [3.63, 3.8) is 0 Å². The van der Waals surface area contributed by atoms with Crippen molar-refractivity contribution >= 4 is 17.7 Å². The zero-order chi connectivity index (χ0) is 20.1. The lowest BCUT2D eigenvalue weighted by molar-refractivity contribution is -0.126. The van der Waals surface area contributed by atoms with Crippen LogP contribution >= 0.6 is 0 Å². The molecule has 2 aromatic rings. The number of hydrogen-bond acceptors (Lipinski definition) is 4. The monoisotopic (exact) mass is 383 g/mol. The van der Waals surface area contributed by atoms with E-state index in [1.54, 1.807) is 12.0 Å². The highest BCUT2D eigenvalue weighted by Gasteiger charge is 2.24. The fourth-order valence-electron chi connectivity index (χ4n) is 3.04. The molecular weight excluding hydrogens is 364 g/mol. The minimum Gasteiger partial charge on any atom is -0.497 e. The molecule has 7 heteroatoms. The number of amides is 1. The number of carbonyl (C=O) groups is 1. The maximum absolute atomic E-state index is 13.3. The van der Waals surface area contributed by atoms with Crippen LogP contribution in [-0.4, -0.2) is 44.1 Å². The molecule has 0 aromatic heterocycles. The molecule has 0 radical (unpaired) electrons. The van der Waals surface area contributed by atoms with E-state index in [1.807, 2.05) is 30.3 Å². The van der Waals surface area contributed by atoms with Gasteiger partial charge in [-0.1, -0.05) is 6.07 Å². The summed E-state index contributed by atoms with van der Waals surface area (Å²) in [5.74, 6) is -1.64. The predicted octanol–water partition coefficient (Wildman–Crippen LogP) is 3.23. The normalized spacial score (nSPS) is 14.6. The number of nitriles is 1. The molecule has 28 heavy (non-hydrogen) atoms. The lowest BCUT2D eigenvalue weighted by Gasteiger charge is -2.36. The van der Waals surface area contributed by atoms with E-state index in [1.165, 1.54) is 12.1 Å². The highest BCUT2D eigenvalue weighted by atomic mass is 19.2. The van der Waals surface area contributed by atoms with Crippen molar-refractivity contribution in [2.45, 2.75) is 0 Å². The summed E-state index contributed by atoms with van der Waals surface area (Å²) >= 11 is 0. The van der Waals surface area contributed by atoms with E-state index in [-0.39, 0.29) is 11.1 Å². The van der Waals surface area contributed by atoms with Gasteiger partial charge in [-0.25, -0.2) is 8.78 Å². The van der Waals surface area contributed by atoms with Crippen LogP contribution in [0.5, 0.6) is 5.75 Å². The molecule has 1 aliphatic heterocycles. The molecule has 3 rings (SSSR count). The van der Waals surface area contributed by atoms with E-state index in [4.69, 9.17) is 4.74 Å². The quantitative estimate of drug-likeness (QED) is 0.601. The number of nitrogens with zero attached hydrogens (tertiary/aromatic N) is 3. The molecule has 1 fully saturated rings. The molecule has 5 nitrogen and oxygen atoms in total. The summed E-state index contributed by atoms with van der Waals surface area (Å²) in [7, 11) is 1.61. The SMILES string of the molecule is COc1ccc(N2CCN(C(=O)/C(C#N)=C/c3ccc(F)c(F)c3)CC2)cc1. The van der Waals surface area contributed by atoms with Crippen molar-refractivity contribution in [3.05, 3.63) is 65.2 Å². The number of ether oxygens (including phenoxy) is 1. The smallest absolute Gasteiger partial charge is 0.264 e. The summed E-state index contributed by atoms with van der Waals surface area (Å²) in [5.41, 5.74) is 1.19. The number of halogens is 2. The molecule has 0 N–H and O–H groups in total. The van der Waals surface area contributed by atoms with E-state index in [2.05, 4.69) is 4.90 Å². The van der Waals surface area contributed by atoms with Crippen LogP contribution in [0, 0.1) is 23.0 Å². The Morgan fingerprint density at radius 2 is 1.75 bits per heavy atom.